The molecule has 1 aliphatic heterocycles. The molecule has 0 bridgehead atoms. The van der Waals surface area contributed by atoms with Gasteiger partial charge >= 0.3 is 0 Å². The number of halogens is 1. The highest BCUT2D eigenvalue weighted by molar-refractivity contribution is 6.30. The van der Waals surface area contributed by atoms with Gasteiger partial charge in [0.2, 0.25) is 0 Å². The van der Waals surface area contributed by atoms with Gasteiger partial charge in [-0.15, -0.1) is 0 Å². The van der Waals surface area contributed by atoms with Crippen LogP contribution in [0.15, 0.2) is 54.6 Å². The molecule has 1 heterocycles. The molecule has 1 saturated heterocycles. The smallest absolute Gasteiger partial charge is 0.260 e. The molecule has 0 radical (unpaired) electrons. The SMILES string of the molecule is O=C(COc1ccccc1)N1CC[NH+](Cc2cccc(Cl)c2)CC1. The zero-order valence-electron chi connectivity index (χ0n) is 13.6. The van der Waals surface area contributed by atoms with E-state index in [0.717, 1.165) is 43.5 Å². The summed E-state index contributed by atoms with van der Waals surface area (Å²) in [4.78, 5) is 15.6. The van der Waals surface area contributed by atoms with Crippen molar-refractivity contribution in [3.05, 3.63) is 65.2 Å². The third-order valence-corrected chi connectivity index (χ3v) is 4.51. The summed E-state index contributed by atoms with van der Waals surface area (Å²) in [5, 5.41) is 0.777. The average molecular weight is 346 g/mol. The molecule has 0 atom stereocenters. The molecule has 0 aliphatic carbocycles. The molecule has 1 N–H and O–H groups in total. The van der Waals surface area contributed by atoms with Gasteiger partial charge in [-0.1, -0.05) is 41.9 Å². The number of nitrogens with one attached hydrogen (secondary N) is 1. The van der Waals surface area contributed by atoms with Gasteiger partial charge in [0, 0.05) is 10.6 Å². The molecular formula is C19H22ClN2O2+. The minimum absolute atomic E-state index is 0.0562. The fraction of sp³-hybridized carbons (Fsp3) is 0.316. The number of quaternary nitrogens is 1. The molecule has 1 amide bonds. The van der Waals surface area contributed by atoms with Crippen LogP contribution < -0.4 is 9.64 Å². The first-order valence-corrected chi connectivity index (χ1v) is 8.62. The minimum Gasteiger partial charge on any atom is -0.484 e. The summed E-state index contributed by atoms with van der Waals surface area (Å²) in [6.07, 6.45) is 0. The Bertz CT molecular complexity index is 670. The molecule has 0 spiro atoms. The maximum atomic E-state index is 12.3. The summed E-state index contributed by atoms with van der Waals surface area (Å²) in [5.74, 6) is 0.789. The Morgan fingerprint density at radius 2 is 1.83 bits per heavy atom. The number of rotatable bonds is 5. The van der Waals surface area contributed by atoms with Gasteiger partial charge in [-0.25, -0.2) is 0 Å². The van der Waals surface area contributed by atoms with Gasteiger partial charge in [0.05, 0.1) is 26.2 Å². The molecule has 0 aromatic heterocycles. The second kappa shape index (κ2) is 8.18. The molecule has 0 saturated carbocycles. The van der Waals surface area contributed by atoms with E-state index in [9.17, 15) is 4.79 Å². The normalized spacial score (nSPS) is 15.3. The van der Waals surface area contributed by atoms with E-state index in [4.69, 9.17) is 16.3 Å². The molecule has 4 nitrogen and oxygen atoms in total. The molecule has 3 rings (SSSR count). The number of nitrogens with zero attached hydrogens (tertiary/aromatic N) is 1. The van der Waals surface area contributed by atoms with Crippen molar-refractivity contribution in [3.8, 4) is 5.75 Å². The monoisotopic (exact) mass is 345 g/mol. The lowest BCUT2D eigenvalue weighted by Gasteiger charge is -2.32. The predicted octanol–water partition coefficient (Wildman–Crippen LogP) is 1.65. The van der Waals surface area contributed by atoms with Crippen molar-refractivity contribution in [1.82, 2.24) is 4.90 Å². The van der Waals surface area contributed by atoms with Crippen molar-refractivity contribution in [3.63, 3.8) is 0 Å². The van der Waals surface area contributed by atoms with E-state index < -0.39 is 0 Å². The van der Waals surface area contributed by atoms with Gasteiger partial charge in [0.1, 0.15) is 12.3 Å². The number of hydrogen-bond acceptors (Lipinski definition) is 2. The fourth-order valence-electron chi connectivity index (χ4n) is 2.94. The predicted molar refractivity (Wildman–Crippen MR) is 94.4 cm³/mol. The van der Waals surface area contributed by atoms with Crippen molar-refractivity contribution in [2.24, 2.45) is 0 Å². The zero-order valence-corrected chi connectivity index (χ0v) is 14.3. The highest BCUT2D eigenvalue weighted by Gasteiger charge is 2.24. The molecule has 1 aliphatic rings. The summed E-state index contributed by atoms with van der Waals surface area (Å²) in [5.41, 5.74) is 1.24. The number of carbonyl (C=O) groups is 1. The first-order chi connectivity index (χ1) is 11.7. The van der Waals surface area contributed by atoms with Crippen LogP contribution in [0.1, 0.15) is 5.56 Å². The van der Waals surface area contributed by atoms with Crippen molar-refractivity contribution in [2.75, 3.05) is 32.8 Å². The molecular weight excluding hydrogens is 324 g/mol. The standard InChI is InChI=1S/C19H21ClN2O2/c20-17-6-4-5-16(13-17)14-21-9-11-22(12-10-21)19(23)15-24-18-7-2-1-3-8-18/h1-8,13H,9-12,14-15H2/p+1. The van der Waals surface area contributed by atoms with Crippen LogP contribution in [0, 0.1) is 0 Å². The van der Waals surface area contributed by atoms with Crippen molar-refractivity contribution >= 4 is 17.5 Å². The van der Waals surface area contributed by atoms with E-state index in [1.807, 2.05) is 53.4 Å². The largest absolute Gasteiger partial charge is 0.484 e. The lowest BCUT2D eigenvalue weighted by Crippen LogP contribution is -3.13. The minimum atomic E-state index is 0.0562. The number of carbonyl (C=O) groups excluding carboxylic acids is 1. The van der Waals surface area contributed by atoms with Gasteiger partial charge in [0.25, 0.3) is 5.91 Å². The molecule has 1 fully saturated rings. The van der Waals surface area contributed by atoms with E-state index >= 15 is 0 Å². The van der Waals surface area contributed by atoms with Gasteiger partial charge in [-0.2, -0.15) is 0 Å². The Hall–Kier alpha value is -2.04. The van der Waals surface area contributed by atoms with E-state index in [1.54, 1.807) is 0 Å². The molecule has 0 unspecified atom stereocenters. The van der Waals surface area contributed by atoms with Crippen LogP contribution in [0.5, 0.6) is 5.75 Å². The Morgan fingerprint density at radius 1 is 1.08 bits per heavy atom. The Morgan fingerprint density at radius 3 is 2.54 bits per heavy atom. The van der Waals surface area contributed by atoms with Crippen LogP contribution >= 0.6 is 11.6 Å². The summed E-state index contributed by atoms with van der Waals surface area (Å²) in [6.45, 7) is 4.49. The van der Waals surface area contributed by atoms with Crippen molar-refractivity contribution in [2.45, 2.75) is 6.54 Å². The van der Waals surface area contributed by atoms with Crippen molar-refractivity contribution in [1.29, 1.82) is 0 Å². The summed E-state index contributed by atoms with van der Waals surface area (Å²) in [7, 11) is 0. The van der Waals surface area contributed by atoms with Gasteiger partial charge in [-0.3, -0.25) is 4.79 Å². The van der Waals surface area contributed by atoms with Gasteiger partial charge < -0.3 is 14.5 Å². The maximum Gasteiger partial charge on any atom is 0.260 e. The van der Waals surface area contributed by atoms with Crippen LogP contribution in [0.25, 0.3) is 0 Å². The number of piperazine rings is 1. The summed E-state index contributed by atoms with van der Waals surface area (Å²) in [6, 6.07) is 17.4. The topological polar surface area (TPSA) is 34.0 Å². The van der Waals surface area contributed by atoms with E-state index in [-0.39, 0.29) is 12.5 Å². The third kappa shape index (κ3) is 4.73. The first-order valence-electron chi connectivity index (χ1n) is 8.24. The molecule has 126 valence electrons. The fourth-order valence-corrected chi connectivity index (χ4v) is 3.15. The van der Waals surface area contributed by atoms with E-state index in [1.165, 1.54) is 10.5 Å². The lowest BCUT2D eigenvalue weighted by atomic mass is 10.2. The number of para-hydroxylation sites is 1. The summed E-state index contributed by atoms with van der Waals surface area (Å²) >= 11 is 6.04. The lowest BCUT2D eigenvalue weighted by molar-refractivity contribution is -0.917. The maximum absolute atomic E-state index is 12.3. The van der Waals surface area contributed by atoms with Crippen LogP contribution in [-0.4, -0.2) is 43.6 Å². The number of hydrogen-bond donors (Lipinski definition) is 1. The highest BCUT2D eigenvalue weighted by atomic mass is 35.5. The molecule has 24 heavy (non-hydrogen) atoms. The average Bonchev–Trinajstić information content (AvgIpc) is 2.61. The zero-order chi connectivity index (χ0) is 16.8. The molecule has 5 heteroatoms. The Labute approximate surface area is 147 Å². The van der Waals surface area contributed by atoms with Crippen LogP contribution in [-0.2, 0) is 11.3 Å². The Kier molecular flexibility index (Phi) is 5.72. The van der Waals surface area contributed by atoms with Crippen LogP contribution in [0.2, 0.25) is 5.02 Å². The number of benzene rings is 2. The van der Waals surface area contributed by atoms with Gasteiger partial charge in [0.15, 0.2) is 6.61 Å². The third-order valence-electron chi connectivity index (χ3n) is 4.27. The number of ether oxygens (including phenoxy) is 1. The van der Waals surface area contributed by atoms with Gasteiger partial charge in [-0.05, 0) is 24.3 Å². The second-order valence-electron chi connectivity index (χ2n) is 6.04. The van der Waals surface area contributed by atoms with E-state index in [2.05, 4.69) is 6.07 Å². The molecule has 2 aromatic carbocycles. The van der Waals surface area contributed by atoms with E-state index in [0.29, 0.717) is 0 Å². The quantitative estimate of drug-likeness (QED) is 0.894. The first kappa shape index (κ1) is 16.8. The van der Waals surface area contributed by atoms with Crippen LogP contribution in [0.3, 0.4) is 0 Å². The van der Waals surface area contributed by atoms with Crippen molar-refractivity contribution < 1.29 is 14.4 Å². The Balaban J connectivity index is 1.43. The highest BCUT2D eigenvalue weighted by Crippen LogP contribution is 2.10. The second-order valence-corrected chi connectivity index (χ2v) is 6.48. The van der Waals surface area contributed by atoms with Crippen LogP contribution in [0.4, 0.5) is 0 Å². The number of amides is 1. The molecule has 2 aromatic rings. The summed E-state index contributed by atoms with van der Waals surface area (Å²) < 4.78 is 5.54.